The van der Waals surface area contributed by atoms with Gasteiger partial charge in [-0.05, 0) is 51.8 Å². The number of halogens is 3. The van der Waals surface area contributed by atoms with Gasteiger partial charge in [-0.2, -0.15) is 4.68 Å². The molecule has 1 aromatic heterocycles. The second-order valence-corrected chi connectivity index (χ2v) is 6.05. The van der Waals surface area contributed by atoms with Crippen LogP contribution in [-0.4, -0.2) is 26.8 Å². The zero-order valence-corrected chi connectivity index (χ0v) is 13.5. The van der Waals surface area contributed by atoms with Gasteiger partial charge in [-0.15, -0.1) is 5.10 Å². The Morgan fingerprint density at radius 2 is 2.00 bits per heavy atom. The summed E-state index contributed by atoms with van der Waals surface area (Å²) >= 11 is 3.15. The van der Waals surface area contributed by atoms with Crippen molar-refractivity contribution in [2.45, 2.75) is 26.8 Å². The number of hydrogen-bond donors (Lipinski definition) is 1. The lowest BCUT2D eigenvalue weighted by Gasteiger charge is -2.16. The minimum Gasteiger partial charge on any atom is -0.307 e. The van der Waals surface area contributed by atoms with E-state index in [1.807, 2.05) is 6.92 Å². The summed E-state index contributed by atoms with van der Waals surface area (Å²) in [6.45, 7) is 6.83. The number of aromatic nitrogens is 4. The van der Waals surface area contributed by atoms with E-state index in [0.717, 1.165) is 12.6 Å². The highest BCUT2D eigenvalue weighted by molar-refractivity contribution is 9.10. The summed E-state index contributed by atoms with van der Waals surface area (Å²) in [6, 6.07) is 1.81. The van der Waals surface area contributed by atoms with Crippen LogP contribution in [0.4, 0.5) is 8.78 Å². The lowest BCUT2D eigenvalue weighted by Crippen LogP contribution is -2.26. The lowest BCUT2D eigenvalue weighted by atomic mass is 10.2. The van der Waals surface area contributed by atoms with E-state index in [1.54, 1.807) is 0 Å². The first-order valence-corrected chi connectivity index (χ1v) is 7.36. The van der Waals surface area contributed by atoms with E-state index < -0.39 is 11.6 Å². The number of nitrogens with one attached hydrogen (secondary N) is 1. The van der Waals surface area contributed by atoms with E-state index in [4.69, 9.17) is 0 Å². The van der Waals surface area contributed by atoms with E-state index in [1.165, 1.54) is 10.7 Å². The second kappa shape index (κ2) is 6.57. The fourth-order valence-corrected chi connectivity index (χ4v) is 2.44. The SMILES string of the molecule is CC(C)CNC(C)c1nnnn1-c1c(F)cc(F)cc1Br. The summed E-state index contributed by atoms with van der Waals surface area (Å²) in [6.07, 6.45) is 0. The summed E-state index contributed by atoms with van der Waals surface area (Å²) < 4.78 is 28.7. The smallest absolute Gasteiger partial charge is 0.173 e. The van der Waals surface area contributed by atoms with Gasteiger partial charge in [-0.3, -0.25) is 0 Å². The molecule has 2 aromatic rings. The van der Waals surface area contributed by atoms with Gasteiger partial charge in [-0.1, -0.05) is 13.8 Å². The van der Waals surface area contributed by atoms with Crippen molar-refractivity contribution in [2.24, 2.45) is 5.92 Å². The standard InChI is InChI=1S/C13H16BrF2N5/c1-7(2)6-17-8(3)13-18-19-20-21(13)12-10(14)4-9(15)5-11(12)16/h4-5,7-8,17H,6H2,1-3H3. The van der Waals surface area contributed by atoms with E-state index in [-0.39, 0.29) is 16.2 Å². The second-order valence-electron chi connectivity index (χ2n) is 5.19. The first-order valence-electron chi connectivity index (χ1n) is 6.56. The predicted octanol–water partition coefficient (Wildman–Crippen LogP) is 3.01. The maximum atomic E-state index is 14.0. The molecule has 0 spiro atoms. The molecule has 0 radical (unpaired) electrons. The number of tetrazole rings is 1. The van der Waals surface area contributed by atoms with Crippen LogP contribution in [0.2, 0.25) is 0 Å². The van der Waals surface area contributed by atoms with Crippen molar-refractivity contribution >= 4 is 15.9 Å². The Balaban J connectivity index is 2.37. The molecule has 114 valence electrons. The fraction of sp³-hybridized carbons (Fsp3) is 0.462. The molecule has 21 heavy (non-hydrogen) atoms. The fourth-order valence-electron chi connectivity index (χ4n) is 1.86. The number of nitrogens with zero attached hydrogens (tertiary/aromatic N) is 4. The quantitative estimate of drug-likeness (QED) is 0.891. The molecule has 0 saturated heterocycles. The molecule has 0 aliphatic carbocycles. The highest BCUT2D eigenvalue weighted by Crippen LogP contribution is 2.26. The molecular weight excluding hydrogens is 344 g/mol. The Morgan fingerprint density at radius 1 is 1.29 bits per heavy atom. The third kappa shape index (κ3) is 3.62. The third-order valence-electron chi connectivity index (χ3n) is 2.91. The molecule has 0 saturated carbocycles. The summed E-state index contributed by atoms with van der Waals surface area (Å²) in [4.78, 5) is 0. The van der Waals surface area contributed by atoms with Crippen LogP contribution in [0.25, 0.3) is 5.69 Å². The molecule has 5 nitrogen and oxygen atoms in total. The van der Waals surface area contributed by atoms with Gasteiger partial charge in [0.25, 0.3) is 0 Å². The number of rotatable bonds is 5. The van der Waals surface area contributed by atoms with Crippen molar-refractivity contribution in [1.82, 2.24) is 25.5 Å². The van der Waals surface area contributed by atoms with Crippen molar-refractivity contribution in [1.29, 1.82) is 0 Å². The highest BCUT2D eigenvalue weighted by Gasteiger charge is 2.20. The summed E-state index contributed by atoms with van der Waals surface area (Å²) in [5.74, 6) is -0.469. The minimum absolute atomic E-state index is 0.0922. The molecule has 1 heterocycles. The van der Waals surface area contributed by atoms with Gasteiger partial charge in [0.2, 0.25) is 0 Å². The maximum absolute atomic E-state index is 14.0. The van der Waals surface area contributed by atoms with Crippen LogP contribution in [0.3, 0.4) is 0 Å². The van der Waals surface area contributed by atoms with Crippen LogP contribution in [0.1, 0.15) is 32.6 Å². The molecule has 0 fully saturated rings. The summed E-state index contributed by atoms with van der Waals surface area (Å²) in [5.41, 5.74) is 0.0922. The predicted molar refractivity (Wildman–Crippen MR) is 78.0 cm³/mol. The van der Waals surface area contributed by atoms with Gasteiger partial charge in [0.1, 0.15) is 11.5 Å². The monoisotopic (exact) mass is 359 g/mol. The van der Waals surface area contributed by atoms with Crippen LogP contribution in [0, 0.1) is 17.6 Å². The maximum Gasteiger partial charge on any atom is 0.173 e. The normalized spacial score (nSPS) is 12.9. The molecule has 1 N–H and O–H groups in total. The Morgan fingerprint density at radius 3 is 2.62 bits per heavy atom. The number of hydrogen-bond acceptors (Lipinski definition) is 4. The summed E-state index contributed by atoms with van der Waals surface area (Å²) in [5, 5.41) is 14.6. The Kier molecular flexibility index (Phi) is 5.00. The van der Waals surface area contributed by atoms with Crippen molar-refractivity contribution in [3.8, 4) is 5.69 Å². The Hall–Kier alpha value is -1.41. The van der Waals surface area contributed by atoms with E-state index in [9.17, 15) is 8.78 Å². The molecule has 0 bridgehead atoms. The summed E-state index contributed by atoms with van der Waals surface area (Å²) in [7, 11) is 0. The molecule has 1 atom stereocenters. The number of benzene rings is 1. The van der Waals surface area contributed by atoms with Crippen molar-refractivity contribution in [3.63, 3.8) is 0 Å². The minimum atomic E-state index is -0.730. The third-order valence-corrected chi connectivity index (χ3v) is 3.51. The van der Waals surface area contributed by atoms with Crippen LogP contribution < -0.4 is 5.32 Å². The van der Waals surface area contributed by atoms with E-state index >= 15 is 0 Å². The molecule has 0 aliphatic heterocycles. The van der Waals surface area contributed by atoms with Crippen LogP contribution >= 0.6 is 15.9 Å². The van der Waals surface area contributed by atoms with Gasteiger partial charge in [0.15, 0.2) is 11.6 Å². The molecule has 2 rings (SSSR count). The molecule has 0 aliphatic rings. The largest absolute Gasteiger partial charge is 0.307 e. The molecular formula is C13H16BrF2N5. The molecule has 8 heteroatoms. The molecule has 1 unspecified atom stereocenters. The lowest BCUT2D eigenvalue weighted by molar-refractivity contribution is 0.472. The highest BCUT2D eigenvalue weighted by atomic mass is 79.9. The van der Waals surface area contributed by atoms with Crippen LogP contribution in [-0.2, 0) is 0 Å². The first-order chi connectivity index (χ1) is 9.90. The van der Waals surface area contributed by atoms with E-state index in [2.05, 4.69) is 50.6 Å². The van der Waals surface area contributed by atoms with Crippen molar-refractivity contribution < 1.29 is 8.78 Å². The zero-order chi connectivity index (χ0) is 15.6. The van der Waals surface area contributed by atoms with Crippen LogP contribution in [0.15, 0.2) is 16.6 Å². The Bertz CT molecular complexity index is 606. The Labute approximate surface area is 129 Å². The molecule has 0 amide bonds. The zero-order valence-electron chi connectivity index (χ0n) is 11.9. The van der Waals surface area contributed by atoms with Crippen molar-refractivity contribution in [2.75, 3.05) is 6.54 Å². The van der Waals surface area contributed by atoms with Crippen LogP contribution in [0.5, 0.6) is 0 Å². The average Bonchev–Trinajstić information content (AvgIpc) is 2.83. The van der Waals surface area contributed by atoms with Gasteiger partial charge in [0, 0.05) is 10.5 Å². The van der Waals surface area contributed by atoms with E-state index in [0.29, 0.717) is 11.7 Å². The van der Waals surface area contributed by atoms with Gasteiger partial charge in [-0.25, -0.2) is 8.78 Å². The van der Waals surface area contributed by atoms with Gasteiger partial charge in [0.05, 0.1) is 6.04 Å². The van der Waals surface area contributed by atoms with Crippen molar-refractivity contribution in [3.05, 3.63) is 34.1 Å². The topological polar surface area (TPSA) is 55.6 Å². The molecule has 1 aromatic carbocycles. The van der Waals surface area contributed by atoms with Gasteiger partial charge < -0.3 is 5.32 Å². The first kappa shape index (κ1) is 16.0. The average molecular weight is 360 g/mol. The van der Waals surface area contributed by atoms with Gasteiger partial charge >= 0.3 is 0 Å².